The smallest absolute Gasteiger partial charge is 0.259 e. The number of rotatable bonds is 12. The summed E-state index contributed by atoms with van der Waals surface area (Å²) in [6, 6.07) is 29.8. The van der Waals surface area contributed by atoms with Gasteiger partial charge in [-0.3, -0.25) is 14.5 Å². The molecule has 0 unspecified atom stereocenters. The first-order chi connectivity index (χ1) is 20.9. The number of fused-ring (bicyclic) bond motifs is 2. The predicted molar refractivity (Wildman–Crippen MR) is 173 cm³/mol. The van der Waals surface area contributed by atoms with Gasteiger partial charge in [0.05, 0.1) is 38.4 Å². The molecule has 0 aromatic heterocycles. The first kappa shape index (κ1) is 30.7. The van der Waals surface area contributed by atoms with Gasteiger partial charge in [-0.05, 0) is 73.0 Å². The summed E-state index contributed by atoms with van der Waals surface area (Å²) in [6.45, 7) is 5.71. The monoisotopic (exact) mass is 613 g/mol. The maximum Gasteiger partial charge on any atom is 0.259 e. The zero-order valence-electron chi connectivity index (χ0n) is 24.3. The van der Waals surface area contributed by atoms with E-state index in [2.05, 4.69) is 41.4 Å². The van der Waals surface area contributed by atoms with Crippen molar-refractivity contribution in [3.8, 4) is 0 Å². The first-order valence-electron chi connectivity index (χ1n) is 14.7. The van der Waals surface area contributed by atoms with Crippen LogP contribution in [0.15, 0.2) is 107 Å². The highest BCUT2D eigenvalue weighted by atomic mass is 35.5. The lowest BCUT2D eigenvalue weighted by Crippen LogP contribution is -2.32. The Morgan fingerprint density at radius 3 is 2.40 bits per heavy atom. The van der Waals surface area contributed by atoms with Crippen LogP contribution in [0.25, 0.3) is 0 Å². The minimum atomic E-state index is -1.59. The predicted octanol–water partition coefficient (Wildman–Crippen LogP) is 7.09. The van der Waals surface area contributed by atoms with Crippen molar-refractivity contribution in [1.29, 1.82) is 0 Å². The summed E-state index contributed by atoms with van der Waals surface area (Å²) in [5, 5.41) is 3.61. The number of halogens is 1. The number of unbranched alkanes of at least 4 members (excludes halogenated alkanes) is 1. The van der Waals surface area contributed by atoms with Crippen LogP contribution < -0.4 is 10.2 Å². The van der Waals surface area contributed by atoms with Gasteiger partial charge in [0.25, 0.3) is 11.8 Å². The van der Waals surface area contributed by atoms with Crippen molar-refractivity contribution in [2.24, 2.45) is 0 Å². The van der Waals surface area contributed by atoms with E-state index in [-0.39, 0.29) is 18.4 Å². The highest BCUT2D eigenvalue weighted by Crippen LogP contribution is 2.36. The summed E-state index contributed by atoms with van der Waals surface area (Å²) in [5.74, 6) is -0.500. The second kappa shape index (κ2) is 14.6. The van der Waals surface area contributed by atoms with Crippen LogP contribution in [0.2, 0.25) is 5.02 Å². The van der Waals surface area contributed by atoms with E-state index in [9.17, 15) is 13.8 Å². The van der Waals surface area contributed by atoms with E-state index >= 15 is 0 Å². The van der Waals surface area contributed by atoms with Crippen molar-refractivity contribution in [2.45, 2.75) is 49.1 Å². The maximum atomic E-state index is 13.8. The third-order valence-corrected chi connectivity index (χ3v) is 9.25. The standard InChI is InChI=1S/C35H36ClN3O3S/c1-2-3-20-38(24-26-11-5-4-6-12-26)21-10-19-37-34(40)28-17-18-33-31(23-28)39(25-27-13-9-14-29(36)22-27)35(41)30-15-7-8-16-32(30)43(33)42/h4-9,11-18,22-23H,2-3,10,19-21,24-25H2,1H3,(H,37,40)/t43-/m0/s1. The van der Waals surface area contributed by atoms with Crippen molar-refractivity contribution < 1.29 is 13.8 Å². The highest BCUT2D eigenvalue weighted by molar-refractivity contribution is 7.85. The Morgan fingerprint density at radius 2 is 1.60 bits per heavy atom. The first-order valence-corrected chi connectivity index (χ1v) is 16.2. The molecule has 0 radical (unpaired) electrons. The van der Waals surface area contributed by atoms with Crippen LogP contribution in [0.5, 0.6) is 0 Å². The fraction of sp³-hybridized carbons (Fsp3) is 0.257. The highest BCUT2D eigenvalue weighted by Gasteiger charge is 2.31. The van der Waals surface area contributed by atoms with Gasteiger partial charge in [0.15, 0.2) is 0 Å². The number of nitrogens with one attached hydrogen (secondary N) is 1. The Balaban J connectivity index is 1.32. The van der Waals surface area contributed by atoms with Crippen LogP contribution in [-0.4, -0.2) is 40.6 Å². The Kier molecular flexibility index (Phi) is 10.4. The van der Waals surface area contributed by atoms with E-state index in [0.717, 1.165) is 44.5 Å². The van der Waals surface area contributed by atoms with Gasteiger partial charge in [-0.15, -0.1) is 0 Å². The lowest BCUT2D eigenvalue weighted by atomic mass is 10.1. The van der Waals surface area contributed by atoms with Gasteiger partial charge in [-0.1, -0.05) is 79.5 Å². The number of amides is 2. The van der Waals surface area contributed by atoms with Crippen LogP contribution >= 0.6 is 11.6 Å². The number of benzene rings is 4. The molecule has 5 rings (SSSR count). The van der Waals surface area contributed by atoms with Gasteiger partial charge in [0.1, 0.15) is 0 Å². The molecule has 1 aliphatic rings. The zero-order chi connectivity index (χ0) is 30.2. The number of carbonyl (C=O) groups excluding carboxylic acids is 2. The fourth-order valence-electron chi connectivity index (χ4n) is 5.28. The summed E-state index contributed by atoms with van der Waals surface area (Å²) in [6.07, 6.45) is 3.07. The molecule has 1 N–H and O–H groups in total. The number of hydrogen-bond donors (Lipinski definition) is 1. The minimum absolute atomic E-state index is 0.220. The lowest BCUT2D eigenvalue weighted by molar-refractivity contribution is 0.0947. The molecule has 0 aliphatic carbocycles. The van der Waals surface area contributed by atoms with E-state index in [1.54, 1.807) is 59.5 Å². The maximum absolute atomic E-state index is 13.8. The molecule has 0 fully saturated rings. The molecule has 4 aromatic rings. The molecule has 0 saturated carbocycles. The number of nitrogens with zero attached hydrogens (tertiary/aromatic N) is 2. The van der Waals surface area contributed by atoms with Gasteiger partial charge in [0, 0.05) is 30.2 Å². The summed E-state index contributed by atoms with van der Waals surface area (Å²) in [5.41, 5.74) is 3.37. The van der Waals surface area contributed by atoms with Crippen molar-refractivity contribution in [2.75, 3.05) is 24.5 Å². The minimum Gasteiger partial charge on any atom is -0.352 e. The summed E-state index contributed by atoms with van der Waals surface area (Å²) in [4.78, 5) is 32.1. The summed E-state index contributed by atoms with van der Waals surface area (Å²) >= 11 is 6.24. The van der Waals surface area contributed by atoms with E-state index in [1.807, 2.05) is 18.2 Å². The van der Waals surface area contributed by atoms with Gasteiger partial charge in [0.2, 0.25) is 0 Å². The van der Waals surface area contributed by atoms with Crippen molar-refractivity contribution >= 4 is 39.9 Å². The van der Waals surface area contributed by atoms with Crippen LogP contribution in [0, 0.1) is 0 Å². The Hall–Kier alpha value is -3.78. The molecule has 2 amide bonds. The fourth-order valence-corrected chi connectivity index (χ4v) is 6.84. The second-order valence-corrected chi connectivity index (χ2v) is 12.5. The zero-order valence-corrected chi connectivity index (χ0v) is 25.9. The molecule has 4 aromatic carbocycles. The van der Waals surface area contributed by atoms with Gasteiger partial charge >= 0.3 is 0 Å². The van der Waals surface area contributed by atoms with Crippen LogP contribution in [0.1, 0.15) is 58.0 Å². The van der Waals surface area contributed by atoms with E-state index in [0.29, 0.717) is 38.2 Å². The van der Waals surface area contributed by atoms with Gasteiger partial charge < -0.3 is 10.2 Å². The molecule has 0 bridgehead atoms. The molecule has 222 valence electrons. The Labute approximate surface area is 261 Å². The Morgan fingerprint density at radius 1 is 0.860 bits per heavy atom. The van der Waals surface area contributed by atoms with E-state index in [1.165, 1.54) is 5.56 Å². The average Bonchev–Trinajstić information content (AvgIpc) is 3.11. The normalized spacial score (nSPS) is 14.3. The van der Waals surface area contributed by atoms with Crippen LogP contribution in [0.3, 0.4) is 0 Å². The third-order valence-electron chi connectivity index (χ3n) is 7.52. The number of hydrogen-bond acceptors (Lipinski definition) is 4. The van der Waals surface area contributed by atoms with Crippen LogP contribution in [0.4, 0.5) is 5.69 Å². The van der Waals surface area contributed by atoms with Crippen molar-refractivity contribution in [3.63, 3.8) is 0 Å². The Bertz CT molecular complexity index is 1610. The van der Waals surface area contributed by atoms with Gasteiger partial charge in [-0.25, -0.2) is 4.21 Å². The second-order valence-electron chi connectivity index (χ2n) is 10.7. The topological polar surface area (TPSA) is 69.7 Å². The van der Waals surface area contributed by atoms with Crippen molar-refractivity contribution in [1.82, 2.24) is 10.2 Å². The molecular formula is C35H36ClN3O3S. The summed E-state index contributed by atoms with van der Waals surface area (Å²) in [7, 11) is -1.59. The molecule has 0 saturated heterocycles. The molecule has 8 heteroatoms. The van der Waals surface area contributed by atoms with Crippen molar-refractivity contribution in [3.05, 3.63) is 124 Å². The molecular weight excluding hydrogens is 578 g/mol. The van der Waals surface area contributed by atoms with E-state index in [4.69, 9.17) is 11.6 Å². The number of carbonyl (C=O) groups is 2. The quantitative estimate of drug-likeness (QED) is 0.173. The third kappa shape index (κ3) is 7.60. The molecule has 1 aliphatic heterocycles. The molecule has 6 nitrogen and oxygen atoms in total. The average molecular weight is 614 g/mol. The lowest BCUT2D eigenvalue weighted by Gasteiger charge is -2.24. The van der Waals surface area contributed by atoms with Crippen LogP contribution in [-0.2, 0) is 23.9 Å². The largest absolute Gasteiger partial charge is 0.352 e. The molecule has 43 heavy (non-hydrogen) atoms. The van der Waals surface area contributed by atoms with Gasteiger partial charge in [-0.2, -0.15) is 0 Å². The number of anilines is 1. The molecule has 0 spiro atoms. The summed E-state index contributed by atoms with van der Waals surface area (Å²) < 4.78 is 13.7. The molecule has 1 atom stereocenters. The SMILES string of the molecule is CCCCN(CCCNC(=O)c1ccc2c(c1)N(Cc1cccc(Cl)c1)C(=O)c1ccccc1[S@@]2=O)Cc1ccccc1. The molecule has 1 heterocycles. The van der Waals surface area contributed by atoms with E-state index < -0.39 is 10.8 Å².